The van der Waals surface area contributed by atoms with Crippen molar-refractivity contribution in [2.45, 2.75) is 57.2 Å². The summed E-state index contributed by atoms with van der Waals surface area (Å²) in [5.41, 5.74) is -0.598. The van der Waals surface area contributed by atoms with Gasteiger partial charge in [0.15, 0.2) is 0 Å². The fourth-order valence-corrected chi connectivity index (χ4v) is 2.79. The van der Waals surface area contributed by atoms with Crippen LogP contribution in [-0.4, -0.2) is 51.1 Å². The average molecular weight is 273 g/mol. The van der Waals surface area contributed by atoms with Crippen molar-refractivity contribution in [2.75, 3.05) is 27.4 Å². The molecule has 2 unspecified atom stereocenters. The quantitative estimate of drug-likeness (QED) is 0.563. The number of nitrogens with one attached hydrogen (secondary N) is 1. The highest BCUT2D eigenvalue weighted by Gasteiger charge is 2.44. The van der Waals surface area contributed by atoms with Gasteiger partial charge in [-0.3, -0.25) is 10.1 Å². The third-order valence-electron chi connectivity index (χ3n) is 3.49. The van der Waals surface area contributed by atoms with Crippen molar-refractivity contribution < 1.29 is 19.0 Å². The summed E-state index contributed by atoms with van der Waals surface area (Å²) >= 11 is 0. The Balaban J connectivity index is 2.66. The third kappa shape index (κ3) is 4.75. The second-order valence-electron chi connectivity index (χ2n) is 5.45. The van der Waals surface area contributed by atoms with Crippen molar-refractivity contribution in [3.8, 4) is 0 Å². The summed E-state index contributed by atoms with van der Waals surface area (Å²) in [7, 11) is 3.10. The number of hydrogen-bond acceptors (Lipinski definition) is 5. The Morgan fingerprint density at radius 3 is 2.68 bits per heavy atom. The first-order valence-corrected chi connectivity index (χ1v) is 7.00. The van der Waals surface area contributed by atoms with Gasteiger partial charge in [0.2, 0.25) is 0 Å². The van der Waals surface area contributed by atoms with Crippen LogP contribution in [0.5, 0.6) is 0 Å². The lowest BCUT2D eigenvalue weighted by molar-refractivity contribution is -0.153. The molecule has 1 rings (SSSR count). The molecule has 1 N–H and O–H groups in total. The van der Waals surface area contributed by atoms with Gasteiger partial charge in [-0.2, -0.15) is 0 Å². The summed E-state index contributed by atoms with van der Waals surface area (Å²) in [5.74, 6) is -0.179. The van der Waals surface area contributed by atoms with Crippen LogP contribution in [-0.2, 0) is 19.0 Å². The highest BCUT2D eigenvalue weighted by molar-refractivity contribution is 5.81. The molecule has 112 valence electrons. The summed E-state index contributed by atoms with van der Waals surface area (Å²) in [5, 5.41) is 3.38. The van der Waals surface area contributed by atoms with Gasteiger partial charge in [0.25, 0.3) is 0 Å². The molecule has 0 saturated heterocycles. The average Bonchev–Trinajstić information content (AvgIpc) is 2.37. The number of carbonyl (C=O) groups excluding carboxylic acids is 1. The van der Waals surface area contributed by atoms with Gasteiger partial charge in [0.05, 0.1) is 26.4 Å². The van der Waals surface area contributed by atoms with Crippen molar-refractivity contribution in [1.29, 1.82) is 0 Å². The van der Waals surface area contributed by atoms with E-state index in [0.29, 0.717) is 19.6 Å². The summed E-state index contributed by atoms with van der Waals surface area (Å²) in [6, 6.07) is 0.233. The van der Waals surface area contributed by atoms with Crippen molar-refractivity contribution in [2.24, 2.45) is 0 Å². The van der Waals surface area contributed by atoms with E-state index in [-0.39, 0.29) is 18.1 Å². The highest BCUT2D eigenvalue weighted by atomic mass is 16.5. The van der Waals surface area contributed by atoms with E-state index in [1.54, 1.807) is 7.11 Å². The lowest BCUT2D eigenvalue weighted by atomic mass is 9.79. The van der Waals surface area contributed by atoms with E-state index in [0.717, 1.165) is 19.3 Å². The van der Waals surface area contributed by atoms with Gasteiger partial charge in [-0.25, -0.2) is 0 Å². The lowest BCUT2D eigenvalue weighted by Crippen LogP contribution is -2.58. The van der Waals surface area contributed by atoms with E-state index in [4.69, 9.17) is 14.2 Å². The number of carbonyl (C=O) groups is 1. The topological polar surface area (TPSA) is 56.8 Å². The van der Waals surface area contributed by atoms with Crippen LogP contribution in [0, 0.1) is 0 Å². The molecule has 0 amide bonds. The summed E-state index contributed by atoms with van der Waals surface area (Å²) < 4.78 is 15.8. The zero-order valence-corrected chi connectivity index (χ0v) is 12.5. The van der Waals surface area contributed by atoms with Gasteiger partial charge < -0.3 is 14.2 Å². The van der Waals surface area contributed by atoms with E-state index in [9.17, 15) is 4.79 Å². The molecule has 0 spiro atoms. The SMILES string of the molecule is COCCOC1CCCC(NC(C)C)(C(=O)OC)C1. The molecule has 0 aromatic rings. The number of rotatable bonds is 7. The van der Waals surface area contributed by atoms with E-state index in [1.807, 2.05) is 13.8 Å². The standard InChI is InChI=1S/C14H27NO4/c1-11(2)15-14(13(16)18-4)7-5-6-12(10-14)19-9-8-17-3/h11-12,15H,5-10H2,1-4H3. The molecule has 0 aromatic heterocycles. The van der Waals surface area contributed by atoms with Gasteiger partial charge >= 0.3 is 5.97 Å². The van der Waals surface area contributed by atoms with Crippen LogP contribution < -0.4 is 5.32 Å². The smallest absolute Gasteiger partial charge is 0.326 e. The molecule has 2 atom stereocenters. The first kappa shape index (κ1) is 16.4. The van der Waals surface area contributed by atoms with Crippen molar-refractivity contribution in [1.82, 2.24) is 5.32 Å². The third-order valence-corrected chi connectivity index (χ3v) is 3.49. The zero-order valence-electron chi connectivity index (χ0n) is 12.5. The van der Waals surface area contributed by atoms with Crippen LogP contribution in [0.25, 0.3) is 0 Å². The largest absolute Gasteiger partial charge is 0.468 e. The molecule has 1 saturated carbocycles. The van der Waals surface area contributed by atoms with E-state index < -0.39 is 5.54 Å². The van der Waals surface area contributed by atoms with Crippen molar-refractivity contribution in [3.05, 3.63) is 0 Å². The molecule has 0 radical (unpaired) electrons. The predicted octanol–water partition coefficient (Wildman–Crippen LogP) is 1.50. The maximum absolute atomic E-state index is 12.1. The van der Waals surface area contributed by atoms with E-state index in [1.165, 1.54) is 7.11 Å². The lowest BCUT2D eigenvalue weighted by Gasteiger charge is -2.40. The predicted molar refractivity (Wildman–Crippen MR) is 73.1 cm³/mol. The summed E-state index contributed by atoms with van der Waals surface area (Å²) in [6.07, 6.45) is 3.52. The fourth-order valence-electron chi connectivity index (χ4n) is 2.79. The Morgan fingerprint density at radius 1 is 1.37 bits per heavy atom. The van der Waals surface area contributed by atoms with Crippen molar-refractivity contribution in [3.63, 3.8) is 0 Å². The van der Waals surface area contributed by atoms with E-state index in [2.05, 4.69) is 5.32 Å². The number of esters is 1. The second kappa shape index (κ2) is 7.82. The molecule has 0 heterocycles. The van der Waals surface area contributed by atoms with Gasteiger partial charge in [-0.1, -0.05) is 0 Å². The Kier molecular flexibility index (Phi) is 6.75. The molecule has 1 fully saturated rings. The monoisotopic (exact) mass is 273 g/mol. The normalized spacial score (nSPS) is 27.5. The Bertz CT molecular complexity index is 283. The van der Waals surface area contributed by atoms with Crippen LogP contribution in [0.15, 0.2) is 0 Å². The summed E-state index contributed by atoms with van der Waals surface area (Å²) in [6.45, 7) is 5.24. The summed E-state index contributed by atoms with van der Waals surface area (Å²) in [4.78, 5) is 12.1. The molecule has 5 heteroatoms. The van der Waals surface area contributed by atoms with Gasteiger partial charge in [0, 0.05) is 19.6 Å². The maximum atomic E-state index is 12.1. The van der Waals surface area contributed by atoms with E-state index >= 15 is 0 Å². The van der Waals surface area contributed by atoms with Crippen LogP contribution in [0.2, 0.25) is 0 Å². The Hall–Kier alpha value is -0.650. The van der Waals surface area contributed by atoms with Gasteiger partial charge in [-0.05, 0) is 33.1 Å². The molecular weight excluding hydrogens is 246 g/mol. The Labute approximate surface area is 116 Å². The van der Waals surface area contributed by atoms with Gasteiger partial charge in [0.1, 0.15) is 5.54 Å². The molecule has 1 aliphatic carbocycles. The van der Waals surface area contributed by atoms with Crippen LogP contribution in [0.3, 0.4) is 0 Å². The minimum Gasteiger partial charge on any atom is -0.468 e. The molecule has 0 aromatic carbocycles. The van der Waals surface area contributed by atoms with Gasteiger partial charge in [-0.15, -0.1) is 0 Å². The number of hydrogen-bond donors (Lipinski definition) is 1. The molecule has 1 aliphatic rings. The van der Waals surface area contributed by atoms with Crippen LogP contribution >= 0.6 is 0 Å². The van der Waals surface area contributed by atoms with Crippen LogP contribution in [0.1, 0.15) is 39.5 Å². The first-order valence-electron chi connectivity index (χ1n) is 7.00. The first-order chi connectivity index (χ1) is 9.04. The minimum atomic E-state index is -0.598. The zero-order chi connectivity index (χ0) is 14.3. The molecule has 19 heavy (non-hydrogen) atoms. The number of ether oxygens (including phenoxy) is 3. The Morgan fingerprint density at radius 2 is 2.11 bits per heavy atom. The highest BCUT2D eigenvalue weighted by Crippen LogP contribution is 2.31. The van der Waals surface area contributed by atoms with Crippen molar-refractivity contribution >= 4 is 5.97 Å². The molecule has 0 aliphatic heterocycles. The maximum Gasteiger partial charge on any atom is 0.326 e. The second-order valence-corrected chi connectivity index (χ2v) is 5.45. The minimum absolute atomic E-state index is 0.0919. The fraction of sp³-hybridized carbons (Fsp3) is 0.929. The number of methoxy groups -OCH3 is 2. The molecular formula is C14H27NO4. The molecule has 5 nitrogen and oxygen atoms in total. The molecule has 0 bridgehead atoms. The van der Waals surface area contributed by atoms with Crippen LogP contribution in [0.4, 0.5) is 0 Å².